The third-order valence-electron chi connectivity index (χ3n) is 4.59. The first-order valence-corrected chi connectivity index (χ1v) is 8.98. The molecule has 3 rings (SSSR count). The van der Waals surface area contributed by atoms with Gasteiger partial charge in [-0.1, -0.05) is 6.92 Å². The maximum Gasteiger partial charge on any atom is 0.253 e. The second kappa shape index (κ2) is 7.42. The van der Waals surface area contributed by atoms with Crippen LogP contribution in [0.1, 0.15) is 40.1 Å². The summed E-state index contributed by atoms with van der Waals surface area (Å²) < 4.78 is 15.9. The first-order chi connectivity index (χ1) is 12.7. The summed E-state index contributed by atoms with van der Waals surface area (Å²) in [6.45, 7) is 10.8. The molecule has 1 atom stereocenters. The van der Waals surface area contributed by atoms with E-state index in [1.54, 1.807) is 0 Å². The predicted octanol–water partition coefficient (Wildman–Crippen LogP) is 3.27. The number of hydrogen-bond acceptors (Lipinski definition) is 4. The minimum absolute atomic E-state index is 0.168. The van der Waals surface area contributed by atoms with Crippen LogP contribution in [0.3, 0.4) is 0 Å². The molecule has 0 aliphatic rings. The Balaban J connectivity index is 1.76. The van der Waals surface area contributed by atoms with Gasteiger partial charge in [0.05, 0.1) is 28.2 Å². The Morgan fingerprint density at radius 1 is 1.15 bits per heavy atom. The lowest BCUT2D eigenvalue weighted by Crippen LogP contribution is -2.30. The number of hydrogen-bond donors (Lipinski definition) is 1. The highest BCUT2D eigenvalue weighted by molar-refractivity contribution is 6.04. The molecule has 0 aliphatic carbocycles. The van der Waals surface area contributed by atoms with Crippen molar-refractivity contribution in [2.24, 2.45) is 5.92 Å². The maximum atomic E-state index is 14.0. The average molecular weight is 369 g/mol. The first-order valence-electron chi connectivity index (χ1n) is 8.98. The number of benzene rings is 1. The Morgan fingerprint density at radius 2 is 1.85 bits per heavy atom. The fourth-order valence-corrected chi connectivity index (χ4v) is 3.05. The summed E-state index contributed by atoms with van der Waals surface area (Å²) in [5, 5.41) is 7.33. The van der Waals surface area contributed by atoms with Crippen LogP contribution < -0.4 is 5.32 Å². The minimum atomic E-state index is -0.499. The van der Waals surface area contributed by atoms with Gasteiger partial charge in [-0.05, 0) is 45.7 Å². The molecule has 2 aromatic heterocycles. The van der Waals surface area contributed by atoms with Crippen molar-refractivity contribution in [2.45, 2.75) is 41.2 Å². The number of halogens is 1. The van der Waals surface area contributed by atoms with E-state index in [9.17, 15) is 9.18 Å². The standard InChI is InChI=1S/C20H24FN5O/c1-11(10-26-13(3)6-12(2)25-26)9-22-20(27)17-7-16(21)8-18-19(17)24-15(5)14(4)23-18/h6-8,11H,9-10H2,1-5H3,(H,22,27)/t11-/m0/s1. The van der Waals surface area contributed by atoms with E-state index in [4.69, 9.17) is 0 Å². The molecule has 0 unspecified atom stereocenters. The summed E-state index contributed by atoms with van der Waals surface area (Å²) in [5.41, 5.74) is 4.52. The second-order valence-electron chi connectivity index (χ2n) is 7.14. The highest BCUT2D eigenvalue weighted by atomic mass is 19.1. The van der Waals surface area contributed by atoms with Crippen molar-refractivity contribution in [1.29, 1.82) is 0 Å². The van der Waals surface area contributed by atoms with Crippen LogP contribution in [0.15, 0.2) is 18.2 Å². The quantitative estimate of drug-likeness (QED) is 0.749. The number of carbonyl (C=O) groups excluding carboxylic acids is 1. The van der Waals surface area contributed by atoms with Gasteiger partial charge in [0.15, 0.2) is 0 Å². The van der Waals surface area contributed by atoms with Crippen molar-refractivity contribution < 1.29 is 9.18 Å². The van der Waals surface area contributed by atoms with Crippen molar-refractivity contribution in [2.75, 3.05) is 6.54 Å². The molecule has 1 aromatic carbocycles. The highest BCUT2D eigenvalue weighted by Gasteiger charge is 2.16. The number of nitrogens with zero attached hydrogens (tertiary/aromatic N) is 4. The number of aryl methyl sites for hydroxylation is 4. The molecule has 0 saturated heterocycles. The third kappa shape index (κ3) is 4.13. The van der Waals surface area contributed by atoms with E-state index in [0.29, 0.717) is 24.1 Å². The topological polar surface area (TPSA) is 72.7 Å². The summed E-state index contributed by atoms with van der Waals surface area (Å²) in [6, 6.07) is 4.54. The van der Waals surface area contributed by atoms with Gasteiger partial charge < -0.3 is 5.32 Å². The fourth-order valence-electron chi connectivity index (χ4n) is 3.05. The monoisotopic (exact) mass is 369 g/mol. The Hall–Kier alpha value is -2.83. The van der Waals surface area contributed by atoms with Gasteiger partial charge in [-0.2, -0.15) is 5.10 Å². The highest BCUT2D eigenvalue weighted by Crippen LogP contribution is 2.19. The lowest BCUT2D eigenvalue weighted by molar-refractivity contribution is 0.0947. The van der Waals surface area contributed by atoms with Gasteiger partial charge >= 0.3 is 0 Å². The van der Waals surface area contributed by atoms with Crippen molar-refractivity contribution in [3.63, 3.8) is 0 Å². The van der Waals surface area contributed by atoms with Crippen molar-refractivity contribution in [3.05, 3.63) is 52.4 Å². The zero-order valence-electron chi connectivity index (χ0n) is 16.3. The Labute approximate surface area is 157 Å². The predicted molar refractivity (Wildman–Crippen MR) is 102 cm³/mol. The van der Waals surface area contributed by atoms with E-state index >= 15 is 0 Å². The van der Waals surface area contributed by atoms with Gasteiger partial charge in [0.25, 0.3) is 5.91 Å². The molecule has 1 amide bonds. The molecule has 0 saturated carbocycles. The zero-order chi connectivity index (χ0) is 19.7. The van der Waals surface area contributed by atoms with E-state index in [-0.39, 0.29) is 17.4 Å². The summed E-state index contributed by atoms with van der Waals surface area (Å²) in [5.74, 6) is -0.681. The molecule has 0 spiro atoms. The molecule has 3 aromatic rings. The van der Waals surface area contributed by atoms with Crippen molar-refractivity contribution in [1.82, 2.24) is 25.1 Å². The van der Waals surface area contributed by atoms with Crippen LogP contribution in [0.25, 0.3) is 11.0 Å². The number of rotatable bonds is 5. The summed E-state index contributed by atoms with van der Waals surface area (Å²) in [7, 11) is 0. The van der Waals surface area contributed by atoms with Gasteiger partial charge in [-0.25, -0.2) is 14.4 Å². The van der Waals surface area contributed by atoms with E-state index < -0.39 is 5.82 Å². The molecular formula is C20H24FN5O. The van der Waals surface area contributed by atoms with E-state index in [2.05, 4.69) is 20.4 Å². The molecule has 0 aliphatic heterocycles. The van der Waals surface area contributed by atoms with Crippen LogP contribution in [-0.4, -0.2) is 32.2 Å². The summed E-state index contributed by atoms with van der Waals surface area (Å²) in [4.78, 5) is 21.5. The van der Waals surface area contributed by atoms with Crippen LogP contribution in [-0.2, 0) is 6.54 Å². The first kappa shape index (κ1) is 18.9. The normalized spacial score (nSPS) is 12.4. The van der Waals surface area contributed by atoms with Crippen LogP contribution in [0.5, 0.6) is 0 Å². The summed E-state index contributed by atoms with van der Waals surface area (Å²) >= 11 is 0. The van der Waals surface area contributed by atoms with E-state index in [1.165, 1.54) is 12.1 Å². The van der Waals surface area contributed by atoms with Crippen molar-refractivity contribution in [3.8, 4) is 0 Å². The van der Waals surface area contributed by atoms with Gasteiger partial charge in [-0.15, -0.1) is 0 Å². The molecule has 2 heterocycles. The smallest absolute Gasteiger partial charge is 0.253 e. The molecule has 0 fully saturated rings. The molecule has 0 bridgehead atoms. The molecule has 142 valence electrons. The lowest BCUT2D eigenvalue weighted by atomic mass is 10.1. The zero-order valence-corrected chi connectivity index (χ0v) is 16.3. The molecule has 0 radical (unpaired) electrons. The molecule has 27 heavy (non-hydrogen) atoms. The number of carbonyl (C=O) groups is 1. The van der Waals surface area contributed by atoms with E-state index in [0.717, 1.165) is 22.8 Å². The largest absolute Gasteiger partial charge is 0.352 e. The van der Waals surface area contributed by atoms with Crippen molar-refractivity contribution >= 4 is 16.9 Å². The molecule has 1 N–H and O–H groups in total. The Kier molecular flexibility index (Phi) is 5.21. The summed E-state index contributed by atoms with van der Waals surface area (Å²) in [6.07, 6.45) is 0. The molecule has 7 heteroatoms. The molecule has 6 nitrogen and oxygen atoms in total. The van der Waals surface area contributed by atoms with E-state index in [1.807, 2.05) is 45.4 Å². The fraction of sp³-hybridized carbons (Fsp3) is 0.400. The lowest BCUT2D eigenvalue weighted by Gasteiger charge is -2.15. The van der Waals surface area contributed by atoms with Crippen LogP contribution in [0.4, 0.5) is 4.39 Å². The minimum Gasteiger partial charge on any atom is -0.352 e. The van der Waals surface area contributed by atoms with Crippen LogP contribution in [0.2, 0.25) is 0 Å². The Morgan fingerprint density at radius 3 is 2.52 bits per heavy atom. The van der Waals surface area contributed by atoms with Gasteiger partial charge in [-0.3, -0.25) is 9.48 Å². The number of amides is 1. The third-order valence-corrected chi connectivity index (χ3v) is 4.59. The number of aromatic nitrogens is 4. The van der Waals surface area contributed by atoms with Gasteiger partial charge in [0.2, 0.25) is 0 Å². The Bertz CT molecular complexity index is 1010. The maximum absolute atomic E-state index is 14.0. The SMILES string of the molecule is Cc1cc(C)n(C[C@@H](C)CNC(=O)c2cc(F)cc3nc(C)c(C)nc23)n1. The number of nitrogens with one attached hydrogen (secondary N) is 1. The van der Waals surface area contributed by atoms with Crippen LogP contribution in [0, 0.1) is 39.4 Å². The molecular weight excluding hydrogens is 345 g/mol. The van der Waals surface area contributed by atoms with Gasteiger partial charge in [0, 0.05) is 24.8 Å². The average Bonchev–Trinajstić information content (AvgIpc) is 2.90. The van der Waals surface area contributed by atoms with Gasteiger partial charge in [0.1, 0.15) is 11.3 Å². The second-order valence-corrected chi connectivity index (χ2v) is 7.14. The van der Waals surface area contributed by atoms with Crippen LogP contribution >= 0.6 is 0 Å². The number of fused-ring (bicyclic) bond motifs is 1.